The minimum Gasteiger partial charge on any atom is -0.351 e. The maximum absolute atomic E-state index is 14.0. The number of aromatic nitrogens is 2. The fourth-order valence-corrected chi connectivity index (χ4v) is 4.81. The van der Waals surface area contributed by atoms with Crippen LogP contribution in [0.4, 0.5) is 10.1 Å². The van der Waals surface area contributed by atoms with Crippen molar-refractivity contribution in [1.82, 2.24) is 15.5 Å². The van der Waals surface area contributed by atoms with Gasteiger partial charge in [-0.2, -0.15) is 4.98 Å². The number of anilines is 1. The van der Waals surface area contributed by atoms with Crippen LogP contribution in [0.15, 0.2) is 77.0 Å². The van der Waals surface area contributed by atoms with Crippen LogP contribution in [0.2, 0.25) is 0 Å². The summed E-state index contributed by atoms with van der Waals surface area (Å²) in [5.41, 5.74) is 7.29. The first-order valence-electron chi connectivity index (χ1n) is 11.9. The molecular formula is C29H27FN4OS. The average Bonchev–Trinajstić information content (AvgIpc) is 3.36. The highest BCUT2D eigenvalue weighted by Gasteiger charge is 2.35. The van der Waals surface area contributed by atoms with Crippen molar-refractivity contribution in [2.24, 2.45) is 0 Å². The first kappa shape index (κ1) is 23.9. The Morgan fingerprint density at radius 2 is 1.72 bits per heavy atom. The molecule has 2 heterocycles. The average molecular weight is 499 g/mol. The number of nitrogens with zero attached hydrogens (tertiary/aromatic N) is 3. The molecular weight excluding hydrogens is 471 g/mol. The zero-order valence-corrected chi connectivity index (χ0v) is 21.5. The molecule has 182 valence electrons. The van der Waals surface area contributed by atoms with Crippen LogP contribution in [0.1, 0.15) is 48.0 Å². The van der Waals surface area contributed by atoms with E-state index in [4.69, 9.17) is 21.7 Å². The van der Waals surface area contributed by atoms with Crippen LogP contribution in [-0.4, -0.2) is 15.3 Å². The van der Waals surface area contributed by atoms with Crippen molar-refractivity contribution in [3.05, 3.63) is 106 Å². The highest BCUT2D eigenvalue weighted by atomic mass is 32.1. The number of allylic oxidation sites excluding steroid dienone is 1. The summed E-state index contributed by atoms with van der Waals surface area (Å²) in [5, 5.41) is 8.26. The van der Waals surface area contributed by atoms with E-state index in [-0.39, 0.29) is 11.9 Å². The Morgan fingerprint density at radius 1 is 1.00 bits per heavy atom. The third-order valence-electron chi connectivity index (χ3n) is 6.57. The van der Waals surface area contributed by atoms with E-state index in [9.17, 15) is 4.39 Å². The third kappa shape index (κ3) is 4.42. The summed E-state index contributed by atoms with van der Waals surface area (Å²) in [6, 6.07) is 21.1. The van der Waals surface area contributed by atoms with Gasteiger partial charge in [0.2, 0.25) is 5.82 Å². The van der Waals surface area contributed by atoms with Crippen molar-refractivity contribution in [2.75, 3.05) is 4.90 Å². The van der Waals surface area contributed by atoms with E-state index in [2.05, 4.69) is 41.7 Å². The molecule has 3 aromatic carbocycles. The predicted octanol–water partition coefficient (Wildman–Crippen LogP) is 6.92. The molecule has 0 amide bonds. The van der Waals surface area contributed by atoms with Gasteiger partial charge < -0.3 is 9.84 Å². The van der Waals surface area contributed by atoms with Crippen molar-refractivity contribution < 1.29 is 8.91 Å². The lowest BCUT2D eigenvalue weighted by atomic mass is 9.93. The summed E-state index contributed by atoms with van der Waals surface area (Å²) >= 11 is 5.81. The highest BCUT2D eigenvalue weighted by Crippen LogP contribution is 2.39. The molecule has 0 radical (unpaired) electrons. The van der Waals surface area contributed by atoms with Gasteiger partial charge in [0.15, 0.2) is 5.11 Å². The van der Waals surface area contributed by atoms with Crippen molar-refractivity contribution in [3.63, 3.8) is 0 Å². The van der Waals surface area contributed by atoms with Gasteiger partial charge in [0.25, 0.3) is 5.89 Å². The van der Waals surface area contributed by atoms with Crippen LogP contribution in [0.5, 0.6) is 0 Å². The first-order chi connectivity index (χ1) is 17.4. The Labute approximate surface area is 215 Å². The Balaban J connectivity index is 1.65. The first-order valence-corrected chi connectivity index (χ1v) is 12.3. The van der Waals surface area contributed by atoms with E-state index in [0.717, 1.165) is 40.1 Å². The van der Waals surface area contributed by atoms with Gasteiger partial charge in [0, 0.05) is 16.9 Å². The van der Waals surface area contributed by atoms with Gasteiger partial charge in [-0.25, -0.2) is 4.39 Å². The normalized spacial score (nSPS) is 15.9. The highest BCUT2D eigenvalue weighted by molar-refractivity contribution is 7.80. The van der Waals surface area contributed by atoms with Gasteiger partial charge >= 0.3 is 0 Å². The molecule has 0 bridgehead atoms. The van der Waals surface area contributed by atoms with Crippen LogP contribution in [0.3, 0.4) is 0 Å². The number of aryl methyl sites for hydroxylation is 3. The number of benzene rings is 3. The number of thiocarbonyl (C=S) groups is 1. The van der Waals surface area contributed by atoms with Crippen LogP contribution >= 0.6 is 12.2 Å². The Kier molecular flexibility index (Phi) is 6.41. The van der Waals surface area contributed by atoms with E-state index in [1.54, 1.807) is 19.1 Å². The molecule has 1 atom stereocenters. The van der Waals surface area contributed by atoms with Crippen LogP contribution in [-0.2, 0) is 6.42 Å². The molecule has 1 unspecified atom stereocenters. The molecule has 4 aromatic rings. The van der Waals surface area contributed by atoms with Gasteiger partial charge in [-0.3, -0.25) is 4.90 Å². The molecule has 5 rings (SSSR count). The lowest BCUT2D eigenvalue weighted by molar-refractivity contribution is 0.404. The predicted molar refractivity (Wildman–Crippen MR) is 145 cm³/mol. The zero-order chi connectivity index (χ0) is 25.4. The fraction of sp³-hybridized carbons (Fsp3) is 0.207. The molecule has 0 fully saturated rings. The van der Waals surface area contributed by atoms with Gasteiger partial charge in [-0.1, -0.05) is 66.2 Å². The van der Waals surface area contributed by atoms with Crippen molar-refractivity contribution in [2.45, 2.75) is 40.2 Å². The molecule has 7 heteroatoms. The van der Waals surface area contributed by atoms with Crippen molar-refractivity contribution in [3.8, 4) is 11.4 Å². The molecule has 1 aliphatic heterocycles. The lowest BCUT2D eigenvalue weighted by Crippen LogP contribution is -2.46. The monoisotopic (exact) mass is 498 g/mol. The number of hydrogen-bond donors (Lipinski definition) is 1. The fourth-order valence-electron chi connectivity index (χ4n) is 4.45. The summed E-state index contributed by atoms with van der Waals surface area (Å²) in [5.74, 6) is 0.666. The standard InChI is InChI=1S/C29H27FN4OS/c1-5-20-8-12-21(13-9-20)26-25(28-32-27(33-35-28)22-10-6-17(2)7-11-22)19(4)34(29(36)31-26)23-14-15-24(30)18(3)16-23/h6-16,26H,5H2,1-4H3,(H,31,36). The van der Waals surface area contributed by atoms with E-state index in [1.165, 1.54) is 11.6 Å². The second-order valence-corrected chi connectivity index (χ2v) is 9.42. The molecule has 1 aromatic heterocycles. The Hall–Kier alpha value is -3.84. The molecule has 0 saturated heterocycles. The Bertz CT molecular complexity index is 1460. The van der Waals surface area contributed by atoms with Gasteiger partial charge in [-0.15, -0.1) is 0 Å². The number of nitrogens with one attached hydrogen (secondary N) is 1. The van der Waals surface area contributed by atoms with Gasteiger partial charge in [0.1, 0.15) is 5.82 Å². The molecule has 0 saturated carbocycles. The third-order valence-corrected chi connectivity index (χ3v) is 6.87. The van der Waals surface area contributed by atoms with E-state index >= 15 is 0 Å². The Morgan fingerprint density at radius 3 is 2.39 bits per heavy atom. The van der Waals surface area contributed by atoms with Crippen LogP contribution in [0.25, 0.3) is 17.0 Å². The topological polar surface area (TPSA) is 54.2 Å². The molecule has 36 heavy (non-hydrogen) atoms. The number of halogens is 1. The molecule has 1 N–H and O–H groups in total. The van der Waals surface area contributed by atoms with E-state index in [0.29, 0.717) is 22.4 Å². The van der Waals surface area contributed by atoms with Crippen molar-refractivity contribution >= 4 is 28.6 Å². The SMILES string of the molecule is CCc1ccc(C2NC(=S)N(c3ccc(F)c(C)c3)C(C)=C2c2nc(-c3ccc(C)cc3)no2)cc1. The minimum atomic E-state index is -0.285. The second-order valence-electron chi connectivity index (χ2n) is 9.03. The maximum atomic E-state index is 14.0. The quantitative estimate of drug-likeness (QED) is 0.301. The molecule has 1 aliphatic rings. The molecule has 5 nitrogen and oxygen atoms in total. The summed E-state index contributed by atoms with van der Waals surface area (Å²) < 4.78 is 19.9. The van der Waals surface area contributed by atoms with Crippen LogP contribution < -0.4 is 10.2 Å². The summed E-state index contributed by atoms with van der Waals surface area (Å²) in [4.78, 5) is 6.67. The minimum absolute atomic E-state index is 0.259. The van der Waals surface area contributed by atoms with E-state index < -0.39 is 0 Å². The molecule has 0 aliphatic carbocycles. The van der Waals surface area contributed by atoms with E-state index in [1.807, 2.05) is 43.0 Å². The number of hydrogen-bond acceptors (Lipinski definition) is 4. The smallest absolute Gasteiger partial charge is 0.258 e. The maximum Gasteiger partial charge on any atom is 0.258 e. The van der Waals surface area contributed by atoms with Crippen LogP contribution in [0, 0.1) is 19.7 Å². The summed E-state index contributed by atoms with van der Waals surface area (Å²) in [7, 11) is 0. The van der Waals surface area contributed by atoms with Crippen molar-refractivity contribution in [1.29, 1.82) is 0 Å². The summed E-state index contributed by atoms with van der Waals surface area (Å²) in [6.07, 6.45) is 0.958. The zero-order valence-electron chi connectivity index (χ0n) is 20.7. The van der Waals surface area contributed by atoms with Gasteiger partial charge in [-0.05, 0) is 74.3 Å². The summed E-state index contributed by atoms with van der Waals surface area (Å²) in [6.45, 7) is 7.88. The second kappa shape index (κ2) is 9.66. The molecule has 0 spiro atoms. The number of rotatable bonds is 5. The largest absolute Gasteiger partial charge is 0.351 e. The van der Waals surface area contributed by atoms with Gasteiger partial charge in [0.05, 0.1) is 11.6 Å². The lowest BCUT2D eigenvalue weighted by Gasteiger charge is -2.37.